The Morgan fingerprint density at radius 3 is 2.88 bits per heavy atom. The Morgan fingerprint density at radius 2 is 2.12 bits per heavy atom. The number of H-pyrrole nitrogens is 1. The van der Waals surface area contributed by atoms with Crippen LogP contribution in [0.25, 0.3) is 0 Å². The van der Waals surface area contributed by atoms with E-state index in [1.165, 1.54) is 12.3 Å². The Bertz CT molecular complexity index is 598. The first kappa shape index (κ1) is 9.93. The molecule has 1 aromatic heterocycles. The van der Waals surface area contributed by atoms with Crippen LogP contribution in [0.15, 0.2) is 41.3 Å². The lowest BCUT2D eigenvalue weighted by molar-refractivity contribution is 0.458. The number of nitrogens with one attached hydrogen (secondary N) is 1. The Hall–Kier alpha value is -2.61. The van der Waals surface area contributed by atoms with Crippen LogP contribution < -0.4 is 10.4 Å². The summed E-state index contributed by atoms with van der Waals surface area (Å²) in [6.45, 7) is 0. The smallest absolute Gasteiger partial charge is 0.347 e. The zero-order chi connectivity index (χ0) is 11.4. The minimum atomic E-state index is -0.494. The molecule has 5 nitrogen and oxygen atoms in total. The third-order valence-corrected chi connectivity index (χ3v) is 1.88. The van der Waals surface area contributed by atoms with E-state index in [0.29, 0.717) is 11.3 Å². The number of para-hydroxylation sites is 1. The summed E-state index contributed by atoms with van der Waals surface area (Å²) in [5.41, 5.74) is -0.0906. The molecule has 0 aliphatic carbocycles. The highest BCUT2D eigenvalue weighted by molar-refractivity contribution is 5.43. The van der Waals surface area contributed by atoms with Crippen molar-refractivity contribution in [3.05, 3.63) is 52.6 Å². The highest BCUT2D eigenvalue weighted by Crippen LogP contribution is 2.21. The highest BCUT2D eigenvalue weighted by atomic mass is 16.5. The molecular weight excluding hydrogens is 206 g/mol. The zero-order valence-corrected chi connectivity index (χ0v) is 8.18. The van der Waals surface area contributed by atoms with E-state index < -0.39 is 5.69 Å². The van der Waals surface area contributed by atoms with Gasteiger partial charge in [0.05, 0.1) is 5.56 Å². The van der Waals surface area contributed by atoms with Crippen LogP contribution in [0.1, 0.15) is 5.56 Å². The van der Waals surface area contributed by atoms with E-state index in [0.717, 1.165) is 0 Å². The number of hydrogen-bond acceptors (Lipinski definition) is 4. The van der Waals surface area contributed by atoms with Gasteiger partial charge in [0.2, 0.25) is 5.88 Å². The maximum Gasteiger partial charge on any atom is 0.347 e. The molecule has 1 heterocycles. The van der Waals surface area contributed by atoms with Gasteiger partial charge in [-0.2, -0.15) is 5.26 Å². The second kappa shape index (κ2) is 4.28. The Kier molecular flexibility index (Phi) is 2.65. The van der Waals surface area contributed by atoms with Gasteiger partial charge in [-0.05, 0) is 12.1 Å². The van der Waals surface area contributed by atoms with Gasteiger partial charge in [-0.15, -0.1) is 0 Å². The molecule has 16 heavy (non-hydrogen) atoms. The van der Waals surface area contributed by atoms with Crippen LogP contribution >= 0.6 is 0 Å². The van der Waals surface area contributed by atoms with Crippen molar-refractivity contribution in [3.8, 4) is 17.7 Å². The van der Waals surface area contributed by atoms with Gasteiger partial charge in [0, 0.05) is 12.3 Å². The molecule has 0 unspecified atom stereocenters. The summed E-state index contributed by atoms with van der Waals surface area (Å²) >= 11 is 0. The third kappa shape index (κ3) is 2.07. The number of ether oxygens (including phenoxy) is 1. The summed E-state index contributed by atoms with van der Waals surface area (Å²) < 4.78 is 5.36. The van der Waals surface area contributed by atoms with Crippen molar-refractivity contribution in [1.29, 1.82) is 5.26 Å². The van der Waals surface area contributed by atoms with Crippen LogP contribution in [0.4, 0.5) is 0 Å². The van der Waals surface area contributed by atoms with Crippen LogP contribution in [0.2, 0.25) is 0 Å². The molecule has 0 atom stereocenters. The van der Waals surface area contributed by atoms with E-state index in [1.807, 2.05) is 6.07 Å². The first-order chi connectivity index (χ1) is 7.79. The van der Waals surface area contributed by atoms with E-state index in [1.54, 1.807) is 24.3 Å². The van der Waals surface area contributed by atoms with E-state index in [9.17, 15) is 4.79 Å². The predicted molar refractivity (Wildman–Crippen MR) is 56.1 cm³/mol. The molecule has 2 aromatic rings. The highest BCUT2D eigenvalue weighted by Gasteiger charge is 2.03. The number of aromatic amines is 1. The first-order valence-corrected chi connectivity index (χ1v) is 4.52. The maximum atomic E-state index is 10.9. The maximum absolute atomic E-state index is 10.9. The molecule has 0 saturated carbocycles. The summed E-state index contributed by atoms with van der Waals surface area (Å²) in [6.07, 6.45) is 1.34. The van der Waals surface area contributed by atoms with Crippen LogP contribution in [-0.2, 0) is 0 Å². The second-order valence-electron chi connectivity index (χ2n) is 2.95. The largest absolute Gasteiger partial charge is 0.439 e. The molecule has 0 amide bonds. The monoisotopic (exact) mass is 213 g/mol. The van der Waals surface area contributed by atoms with Crippen molar-refractivity contribution in [3.63, 3.8) is 0 Å². The number of rotatable bonds is 2. The molecule has 0 bridgehead atoms. The summed E-state index contributed by atoms with van der Waals surface area (Å²) in [6, 6.07) is 10.3. The molecule has 0 saturated heterocycles. The summed E-state index contributed by atoms with van der Waals surface area (Å²) in [5, 5.41) is 8.84. The summed E-state index contributed by atoms with van der Waals surface area (Å²) in [4.78, 5) is 16.8. The van der Waals surface area contributed by atoms with Crippen LogP contribution in [0.3, 0.4) is 0 Å². The predicted octanol–water partition coefficient (Wildman–Crippen LogP) is 1.43. The van der Waals surface area contributed by atoms with Gasteiger partial charge in [0.15, 0.2) is 0 Å². The Balaban J connectivity index is 2.35. The third-order valence-electron chi connectivity index (χ3n) is 1.88. The van der Waals surface area contributed by atoms with Gasteiger partial charge in [-0.25, -0.2) is 9.78 Å². The Labute approximate surface area is 91.0 Å². The van der Waals surface area contributed by atoms with Crippen molar-refractivity contribution in [2.75, 3.05) is 0 Å². The van der Waals surface area contributed by atoms with Gasteiger partial charge in [0.1, 0.15) is 11.8 Å². The standard InChI is InChI=1S/C11H7N3O2/c12-7-8-3-1-2-4-9(8)16-10-5-6-13-11(15)14-10/h1-6H,(H,13,14,15). The number of benzene rings is 1. The van der Waals surface area contributed by atoms with Gasteiger partial charge in [0.25, 0.3) is 0 Å². The lowest BCUT2D eigenvalue weighted by atomic mass is 10.2. The van der Waals surface area contributed by atoms with E-state index in [2.05, 4.69) is 9.97 Å². The molecule has 0 spiro atoms. The SMILES string of the molecule is N#Cc1ccccc1Oc1ccnc(=O)[nH]1. The second-order valence-corrected chi connectivity index (χ2v) is 2.95. The lowest BCUT2D eigenvalue weighted by Crippen LogP contribution is -2.09. The van der Waals surface area contributed by atoms with Gasteiger partial charge >= 0.3 is 5.69 Å². The van der Waals surface area contributed by atoms with Crippen LogP contribution in [0, 0.1) is 11.3 Å². The van der Waals surface area contributed by atoms with Crippen molar-refractivity contribution in [1.82, 2.24) is 9.97 Å². The molecule has 5 heteroatoms. The molecule has 0 aliphatic heterocycles. The minimum Gasteiger partial charge on any atom is -0.439 e. The number of nitriles is 1. The normalized spacial score (nSPS) is 9.44. The number of hydrogen-bond donors (Lipinski definition) is 1. The lowest BCUT2D eigenvalue weighted by Gasteiger charge is -2.05. The van der Waals surface area contributed by atoms with Crippen molar-refractivity contribution in [2.45, 2.75) is 0 Å². The molecule has 1 N–H and O–H groups in total. The van der Waals surface area contributed by atoms with Crippen molar-refractivity contribution >= 4 is 0 Å². The van der Waals surface area contributed by atoms with Crippen molar-refractivity contribution in [2.24, 2.45) is 0 Å². The fourth-order valence-electron chi connectivity index (χ4n) is 1.18. The van der Waals surface area contributed by atoms with Crippen LogP contribution in [0.5, 0.6) is 11.6 Å². The number of nitrogens with zero attached hydrogens (tertiary/aromatic N) is 2. The van der Waals surface area contributed by atoms with Crippen molar-refractivity contribution < 1.29 is 4.74 Å². The van der Waals surface area contributed by atoms with E-state index in [4.69, 9.17) is 10.00 Å². The molecular formula is C11H7N3O2. The van der Waals surface area contributed by atoms with E-state index in [-0.39, 0.29) is 5.88 Å². The fourth-order valence-corrected chi connectivity index (χ4v) is 1.18. The minimum absolute atomic E-state index is 0.253. The van der Waals surface area contributed by atoms with Gasteiger partial charge < -0.3 is 4.74 Å². The molecule has 0 fully saturated rings. The molecule has 0 radical (unpaired) electrons. The first-order valence-electron chi connectivity index (χ1n) is 4.52. The Morgan fingerprint density at radius 1 is 1.31 bits per heavy atom. The topological polar surface area (TPSA) is 78.8 Å². The summed E-state index contributed by atoms with van der Waals surface area (Å²) in [7, 11) is 0. The molecule has 2 rings (SSSR count). The van der Waals surface area contributed by atoms with Gasteiger partial charge in [-0.1, -0.05) is 12.1 Å². The average Bonchev–Trinajstić information content (AvgIpc) is 2.30. The molecule has 0 aliphatic rings. The van der Waals surface area contributed by atoms with Gasteiger partial charge in [-0.3, -0.25) is 4.98 Å². The molecule has 78 valence electrons. The summed E-state index contributed by atoms with van der Waals surface area (Å²) in [5.74, 6) is 0.648. The molecule has 1 aromatic carbocycles. The van der Waals surface area contributed by atoms with Crippen LogP contribution in [-0.4, -0.2) is 9.97 Å². The number of aromatic nitrogens is 2. The quantitative estimate of drug-likeness (QED) is 0.818. The average molecular weight is 213 g/mol. The fraction of sp³-hybridized carbons (Fsp3) is 0. The van der Waals surface area contributed by atoms with E-state index >= 15 is 0 Å². The zero-order valence-electron chi connectivity index (χ0n) is 8.18.